The van der Waals surface area contributed by atoms with Crippen molar-refractivity contribution >= 4 is 5.78 Å². The van der Waals surface area contributed by atoms with E-state index in [1.54, 1.807) is 18.2 Å². The second kappa shape index (κ2) is 4.53. The van der Waals surface area contributed by atoms with Crippen molar-refractivity contribution in [1.29, 1.82) is 0 Å². The van der Waals surface area contributed by atoms with Crippen molar-refractivity contribution in [2.75, 3.05) is 13.2 Å². The van der Waals surface area contributed by atoms with Crippen LogP contribution in [0.25, 0.3) is 0 Å². The van der Waals surface area contributed by atoms with Crippen LogP contribution in [-0.4, -0.2) is 19.0 Å². The molecule has 1 fully saturated rings. The molecule has 15 heavy (non-hydrogen) atoms. The summed E-state index contributed by atoms with van der Waals surface area (Å²) in [6.45, 7) is 1.14. The van der Waals surface area contributed by atoms with Gasteiger partial charge in [-0.1, -0.05) is 18.2 Å². The maximum Gasteiger partial charge on any atom is 0.142 e. The van der Waals surface area contributed by atoms with Crippen LogP contribution < -0.4 is 0 Å². The molecule has 0 bridgehead atoms. The topological polar surface area (TPSA) is 26.3 Å². The Morgan fingerprint density at radius 1 is 1.47 bits per heavy atom. The highest BCUT2D eigenvalue weighted by atomic mass is 19.1. The van der Waals surface area contributed by atoms with Gasteiger partial charge in [0.1, 0.15) is 11.6 Å². The zero-order chi connectivity index (χ0) is 10.7. The van der Waals surface area contributed by atoms with Crippen molar-refractivity contribution in [2.24, 2.45) is 5.92 Å². The molecule has 2 nitrogen and oxygen atoms in total. The molecule has 1 aliphatic rings. The standard InChI is InChI=1S/C12H13FO2/c13-11-4-2-1-3-9(11)7-12(14)10-5-6-15-8-10/h1-4,10H,5-8H2. The lowest BCUT2D eigenvalue weighted by Gasteiger charge is -2.06. The smallest absolute Gasteiger partial charge is 0.142 e. The maximum atomic E-state index is 13.3. The zero-order valence-corrected chi connectivity index (χ0v) is 8.41. The Morgan fingerprint density at radius 2 is 2.27 bits per heavy atom. The first-order valence-corrected chi connectivity index (χ1v) is 5.11. The lowest BCUT2D eigenvalue weighted by atomic mass is 9.97. The lowest BCUT2D eigenvalue weighted by Crippen LogP contribution is -2.17. The van der Waals surface area contributed by atoms with Crippen molar-refractivity contribution in [3.8, 4) is 0 Å². The highest BCUT2D eigenvalue weighted by molar-refractivity contribution is 5.83. The Balaban J connectivity index is 2.02. The number of benzene rings is 1. The van der Waals surface area contributed by atoms with Crippen molar-refractivity contribution in [3.05, 3.63) is 35.6 Å². The number of halogens is 1. The van der Waals surface area contributed by atoms with Crippen molar-refractivity contribution in [3.63, 3.8) is 0 Å². The van der Waals surface area contributed by atoms with Crippen LogP contribution in [0.3, 0.4) is 0 Å². The van der Waals surface area contributed by atoms with E-state index in [0.29, 0.717) is 18.8 Å². The number of hydrogen-bond acceptors (Lipinski definition) is 2. The van der Waals surface area contributed by atoms with E-state index in [0.717, 1.165) is 6.42 Å². The zero-order valence-electron chi connectivity index (χ0n) is 8.41. The SMILES string of the molecule is O=C(Cc1ccccc1F)C1CCOC1. The molecule has 1 saturated heterocycles. The molecule has 1 aromatic carbocycles. The molecule has 80 valence electrons. The van der Waals surface area contributed by atoms with Crippen molar-refractivity contribution in [2.45, 2.75) is 12.8 Å². The van der Waals surface area contributed by atoms with Gasteiger partial charge < -0.3 is 4.74 Å². The van der Waals surface area contributed by atoms with Gasteiger partial charge in [-0.3, -0.25) is 4.79 Å². The van der Waals surface area contributed by atoms with E-state index in [1.165, 1.54) is 6.07 Å². The van der Waals surface area contributed by atoms with Crippen LogP contribution in [0.1, 0.15) is 12.0 Å². The van der Waals surface area contributed by atoms with Gasteiger partial charge in [0.05, 0.1) is 6.61 Å². The van der Waals surface area contributed by atoms with Crippen LogP contribution in [0.5, 0.6) is 0 Å². The Kier molecular flexibility index (Phi) is 3.11. The van der Waals surface area contributed by atoms with E-state index in [2.05, 4.69) is 0 Å². The molecule has 1 aromatic rings. The molecular weight excluding hydrogens is 195 g/mol. The monoisotopic (exact) mass is 208 g/mol. The third-order valence-electron chi connectivity index (χ3n) is 2.71. The maximum absolute atomic E-state index is 13.3. The summed E-state index contributed by atoms with van der Waals surface area (Å²) >= 11 is 0. The van der Waals surface area contributed by atoms with Gasteiger partial charge in [-0.25, -0.2) is 4.39 Å². The Morgan fingerprint density at radius 3 is 2.93 bits per heavy atom. The Hall–Kier alpha value is -1.22. The first-order valence-electron chi connectivity index (χ1n) is 5.11. The molecule has 0 amide bonds. The molecular formula is C12H13FO2. The predicted molar refractivity (Wildman–Crippen MR) is 54.0 cm³/mol. The molecule has 0 spiro atoms. The highest BCUT2D eigenvalue weighted by Gasteiger charge is 2.23. The van der Waals surface area contributed by atoms with Crippen molar-refractivity contribution in [1.82, 2.24) is 0 Å². The number of rotatable bonds is 3. The van der Waals surface area contributed by atoms with Gasteiger partial charge in [-0.2, -0.15) is 0 Å². The van der Waals surface area contributed by atoms with Crippen LogP contribution in [0.4, 0.5) is 4.39 Å². The van der Waals surface area contributed by atoms with E-state index < -0.39 is 0 Å². The molecule has 0 aliphatic carbocycles. The van der Waals surface area contributed by atoms with E-state index in [4.69, 9.17) is 4.74 Å². The molecule has 0 N–H and O–H groups in total. The summed E-state index contributed by atoms with van der Waals surface area (Å²) in [6, 6.07) is 6.41. The summed E-state index contributed by atoms with van der Waals surface area (Å²) in [4.78, 5) is 11.7. The fourth-order valence-electron chi connectivity index (χ4n) is 1.76. The van der Waals surface area contributed by atoms with Gasteiger partial charge in [-0.05, 0) is 18.1 Å². The second-order valence-electron chi connectivity index (χ2n) is 3.80. The summed E-state index contributed by atoms with van der Waals surface area (Å²) in [5.41, 5.74) is 0.481. The van der Waals surface area contributed by atoms with Gasteiger partial charge in [0.2, 0.25) is 0 Å². The van der Waals surface area contributed by atoms with Crippen molar-refractivity contribution < 1.29 is 13.9 Å². The molecule has 1 atom stereocenters. The summed E-state index contributed by atoms with van der Waals surface area (Å²) in [7, 11) is 0. The van der Waals surface area contributed by atoms with E-state index >= 15 is 0 Å². The first kappa shape index (κ1) is 10.3. The molecule has 0 saturated carbocycles. The average Bonchev–Trinajstić information content (AvgIpc) is 2.74. The van der Waals surface area contributed by atoms with Crippen LogP contribution in [0.15, 0.2) is 24.3 Å². The number of carbonyl (C=O) groups excluding carboxylic acids is 1. The van der Waals surface area contributed by atoms with Gasteiger partial charge in [0.15, 0.2) is 0 Å². The van der Waals surface area contributed by atoms with Gasteiger partial charge in [0, 0.05) is 18.9 Å². The molecule has 0 aromatic heterocycles. The Labute approximate surface area is 88.1 Å². The third kappa shape index (κ3) is 2.42. The van der Waals surface area contributed by atoms with E-state index in [1.807, 2.05) is 0 Å². The van der Waals surface area contributed by atoms with Gasteiger partial charge in [-0.15, -0.1) is 0 Å². The largest absolute Gasteiger partial charge is 0.381 e. The fourth-order valence-corrected chi connectivity index (χ4v) is 1.76. The minimum atomic E-state index is -0.301. The van der Waals surface area contributed by atoms with Gasteiger partial charge >= 0.3 is 0 Å². The number of hydrogen-bond donors (Lipinski definition) is 0. The number of ketones is 1. The summed E-state index contributed by atoms with van der Waals surface area (Å²) in [5.74, 6) is -0.257. The molecule has 2 rings (SSSR count). The molecule has 1 unspecified atom stereocenters. The average molecular weight is 208 g/mol. The number of ether oxygens (including phenoxy) is 1. The van der Waals surface area contributed by atoms with Crippen LogP contribution in [-0.2, 0) is 16.0 Å². The molecule has 1 heterocycles. The fraction of sp³-hybridized carbons (Fsp3) is 0.417. The summed E-state index contributed by atoms with van der Waals surface area (Å²) < 4.78 is 18.4. The second-order valence-corrected chi connectivity index (χ2v) is 3.80. The number of Topliss-reactive ketones (excluding diaryl/α,β-unsaturated/α-hetero) is 1. The normalized spacial score (nSPS) is 20.5. The molecule has 3 heteroatoms. The quantitative estimate of drug-likeness (QED) is 0.759. The molecule has 1 aliphatic heterocycles. The minimum Gasteiger partial charge on any atom is -0.381 e. The van der Waals surface area contributed by atoms with Crippen LogP contribution in [0, 0.1) is 11.7 Å². The first-order chi connectivity index (χ1) is 7.27. The van der Waals surface area contributed by atoms with Gasteiger partial charge in [0.25, 0.3) is 0 Å². The van der Waals surface area contributed by atoms with E-state index in [-0.39, 0.29) is 23.9 Å². The van der Waals surface area contributed by atoms with Crippen LogP contribution in [0.2, 0.25) is 0 Å². The minimum absolute atomic E-state index is 0.0374. The van der Waals surface area contributed by atoms with Crippen LogP contribution >= 0.6 is 0 Å². The highest BCUT2D eigenvalue weighted by Crippen LogP contribution is 2.17. The van der Waals surface area contributed by atoms with E-state index in [9.17, 15) is 9.18 Å². The lowest BCUT2D eigenvalue weighted by molar-refractivity contribution is -0.122. The Bertz CT molecular complexity index is 356. The third-order valence-corrected chi connectivity index (χ3v) is 2.71. The predicted octanol–water partition coefficient (Wildman–Crippen LogP) is 1.97. The summed E-state index contributed by atoms with van der Waals surface area (Å²) in [6.07, 6.45) is 0.952. The molecule has 0 radical (unpaired) electrons. The number of carbonyl (C=O) groups is 1. The summed E-state index contributed by atoms with van der Waals surface area (Å²) in [5, 5.41) is 0.